The summed E-state index contributed by atoms with van der Waals surface area (Å²) >= 11 is 0. The molecule has 0 radical (unpaired) electrons. The first kappa shape index (κ1) is 13.6. The molecule has 1 aromatic carbocycles. The third-order valence-corrected chi connectivity index (χ3v) is 3.06. The molecule has 0 saturated heterocycles. The topological polar surface area (TPSA) is 48.4 Å². The van der Waals surface area contributed by atoms with Crippen LogP contribution in [-0.2, 0) is 9.53 Å². The molecule has 0 bridgehead atoms. The average molecular weight is 281 g/mol. The summed E-state index contributed by atoms with van der Waals surface area (Å²) in [5.41, 5.74) is 5.12. The van der Waals surface area contributed by atoms with Crippen LogP contribution in [0.4, 0.5) is 0 Å². The highest BCUT2D eigenvalue weighted by Crippen LogP contribution is 2.19. The molecule has 0 aliphatic heterocycles. The van der Waals surface area contributed by atoms with Crippen molar-refractivity contribution in [3.05, 3.63) is 47.0 Å². The van der Waals surface area contributed by atoms with Crippen molar-refractivity contribution in [2.45, 2.75) is 6.92 Å². The van der Waals surface area contributed by atoms with Crippen molar-refractivity contribution in [1.82, 2.24) is 4.98 Å². The van der Waals surface area contributed by atoms with Crippen molar-refractivity contribution >= 4 is 11.5 Å². The fraction of sp³-hybridized carbons (Fsp3) is 0.235. The molecule has 0 saturated carbocycles. The maximum absolute atomic E-state index is 10.7. The van der Waals surface area contributed by atoms with Gasteiger partial charge in [-0.25, -0.2) is 0 Å². The summed E-state index contributed by atoms with van der Waals surface area (Å²) in [7, 11) is 0. The Labute approximate surface area is 122 Å². The van der Waals surface area contributed by atoms with Crippen LogP contribution >= 0.6 is 0 Å². The van der Waals surface area contributed by atoms with E-state index in [2.05, 4.69) is 10.7 Å². The van der Waals surface area contributed by atoms with E-state index < -0.39 is 0 Å². The number of fused-ring (bicyclic) bond motifs is 1. The summed E-state index contributed by atoms with van der Waals surface area (Å²) in [6, 6.07) is 9.79. The number of carbonyl (C=O) groups excluding carboxylic acids is 1. The van der Waals surface area contributed by atoms with E-state index in [-0.39, 0.29) is 12.4 Å². The van der Waals surface area contributed by atoms with Crippen LogP contribution in [0.3, 0.4) is 0 Å². The Balaban J connectivity index is 1.53. The lowest BCUT2D eigenvalue weighted by atomic mass is 10.1. The summed E-state index contributed by atoms with van der Waals surface area (Å²) in [6.07, 6.45) is 1.83. The van der Waals surface area contributed by atoms with E-state index in [4.69, 9.17) is 9.47 Å². The zero-order valence-corrected chi connectivity index (χ0v) is 11.8. The smallest absolute Gasteiger partial charge is 0.155 e. The number of pyridine rings is 1. The first-order chi connectivity index (χ1) is 10.2. The second-order valence-corrected chi connectivity index (χ2v) is 4.87. The molecule has 0 unspecified atom stereocenters. The lowest BCUT2D eigenvalue weighted by molar-refractivity contribution is -0.121. The molecule has 2 aromatic rings. The molecule has 0 N–H and O–H groups in total. The minimum atomic E-state index is 0.0177. The van der Waals surface area contributed by atoms with E-state index in [1.807, 2.05) is 36.5 Å². The molecular formula is C17H15NO3. The minimum absolute atomic E-state index is 0.0177. The number of hydrogen-bond acceptors (Lipinski definition) is 4. The summed E-state index contributed by atoms with van der Waals surface area (Å²) in [5, 5.41) is 2.24. The van der Waals surface area contributed by atoms with Crippen molar-refractivity contribution in [2.24, 2.45) is 0 Å². The van der Waals surface area contributed by atoms with Gasteiger partial charge in [0, 0.05) is 17.0 Å². The Kier molecular flexibility index (Phi) is 3.82. The fourth-order valence-corrected chi connectivity index (χ4v) is 1.95. The second-order valence-electron chi connectivity index (χ2n) is 4.87. The number of ketones is 1. The van der Waals surface area contributed by atoms with Crippen molar-refractivity contribution in [2.75, 3.05) is 19.8 Å². The summed E-state index contributed by atoms with van der Waals surface area (Å²) in [5.74, 6) is 0.791. The Morgan fingerprint density at radius 3 is 2.71 bits per heavy atom. The van der Waals surface area contributed by atoms with Gasteiger partial charge >= 0.3 is 0 Å². The Bertz CT molecular complexity index is 790. The number of hydrogen-bond donors (Lipinski definition) is 0. The first-order valence-corrected chi connectivity index (χ1v) is 6.80. The van der Waals surface area contributed by atoms with Crippen molar-refractivity contribution in [3.63, 3.8) is 0 Å². The van der Waals surface area contributed by atoms with Gasteiger partial charge in [-0.05, 0) is 37.3 Å². The van der Waals surface area contributed by atoms with E-state index in [0.29, 0.717) is 13.2 Å². The standard InChI is InChI=1S/C17H15NO3/c1-12(19)11-20-6-7-21-16-4-2-13(3-5-16)17-9-14-8-15(14)10-18-17/h2-5,9-10H,6-7,11H2,1H3. The van der Waals surface area contributed by atoms with Gasteiger partial charge in [0.05, 0.1) is 17.5 Å². The van der Waals surface area contributed by atoms with Gasteiger partial charge in [-0.3, -0.25) is 9.78 Å². The summed E-state index contributed by atoms with van der Waals surface area (Å²) < 4.78 is 10.7. The minimum Gasteiger partial charge on any atom is -0.491 e. The summed E-state index contributed by atoms with van der Waals surface area (Å²) in [4.78, 5) is 15.1. The number of Topliss-reactive ketones (excluding diaryl/α,β-unsaturated/α-hetero) is 1. The van der Waals surface area contributed by atoms with Gasteiger partial charge in [0.15, 0.2) is 5.78 Å². The highest BCUT2D eigenvalue weighted by Gasteiger charge is 2.03. The van der Waals surface area contributed by atoms with Crippen LogP contribution in [-0.4, -0.2) is 30.6 Å². The van der Waals surface area contributed by atoms with Crippen LogP contribution in [0.25, 0.3) is 17.0 Å². The number of nitrogens with zero attached hydrogens (tertiary/aromatic N) is 1. The van der Waals surface area contributed by atoms with E-state index in [9.17, 15) is 4.79 Å². The SMILES string of the molecule is CC(=O)COCCOc1ccc(-c2cc3c(cn2)=C=3)cc1. The fourth-order valence-electron chi connectivity index (χ4n) is 1.95. The van der Waals surface area contributed by atoms with Gasteiger partial charge in [-0.1, -0.05) is 0 Å². The number of carbonyl (C=O) groups is 1. The van der Waals surface area contributed by atoms with E-state index in [1.165, 1.54) is 6.92 Å². The Morgan fingerprint density at radius 2 is 2.00 bits per heavy atom. The molecule has 106 valence electrons. The van der Waals surface area contributed by atoms with Crippen LogP contribution in [0.5, 0.6) is 5.75 Å². The van der Waals surface area contributed by atoms with Gasteiger partial charge in [0.1, 0.15) is 19.0 Å². The van der Waals surface area contributed by atoms with Gasteiger partial charge in [0.2, 0.25) is 0 Å². The zero-order chi connectivity index (χ0) is 14.7. The number of aromatic nitrogens is 1. The monoisotopic (exact) mass is 281 g/mol. The Hall–Kier alpha value is -2.42. The largest absolute Gasteiger partial charge is 0.491 e. The molecule has 21 heavy (non-hydrogen) atoms. The molecule has 1 aliphatic rings. The molecule has 0 amide bonds. The second kappa shape index (κ2) is 5.92. The lowest BCUT2D eigenvalue weighted by Gasteiger charge is -2.07. The molecule has 0 atom stereocenters. The van der Waals surface area contributed by atoms with Crippen molar-refractivity contribution in [1.29, 1.82) is 0 Å². The van der Waals surface area contributed by atoms with Crippen molar-refractivity contribution < 1.29 is 14.3 Å². The molecule has 4 heteroatoms. The van der Waals surface area contributed by atoms with Gasteiger partial charge in [-0.15, -0.1) is 5.73 Å². The Morgan fingerprint density at radius 1 is 1.19 bits per heavy atom. The number of ether oxygens (including phenoxy) is 2. The summed E-state index contributed by atoms with van der Waals surface area (Å²) in [6.45, 7) is 2.46. The molecule has 1 aliphatic carbocycles. The number of benzene rings is 1. The third-order valence-electron chi connectivity index (χ3n) is 3.06. The molecule has 4 nitrogen and oxygen atoms in total. The normalized spacial score (nSPS) is 11.1. The third kappa shape index (κ3) is 3.57. The van der Waals surface area contributed by atoms with Gasteiger partial charge < -0.3 is 9.47 Å². The molecule has 1 aromatic heterocycles. The predicted octanol–water partition coefficient (Wildman–Crippen LogP) is 0.798. The first-order valence-electron chi connectivity index (χ1n) is 6.80. The van der Waals surface area contributed by atoms with Crippen LogP contribution in [0.15, 0.2) is 36.5 Å². The van der Waals surface area contributed by atoms with E-state index in [1.54, 1.807) is 0 Å². The van der Waals surface area contributed by atoms with Gasteiger partial charge in [-0.2, -0.15) is 0 Å². The zero-order valence-electron chi connectivity index (χ0n) is 11.8. The highest BCUT2D eigenvalue weighted by atomic mass is 16.5. The average Bonchev–Trinajstić information content (AvgIpc) is 3.25. The maximum Gasteiger partial charge on any atom is 0.155 e. The molecular weight excluding hydrogens is 266 g/mol. The quantitative estimate of drug-likeness (QED) is 0.601. The number of rotatable bonds is 7. The molecule has 0 spiro atoms. The molecule has 0 fully saturated rings. The maximum atomic E-state index is 10.7. The van der Waals surface area contributed by atoms with Gasteiger partial charge in [0.25, 0.3) is 0 Å². The molecule has 1 heterocycles. The molecule has 3 rings (SSSR count). The van der Waals surface area contributed by atoms with Crippen molar-refractivity contribution in [3.8, 4) is 17.0 Å². The predicted molar refractivity (Wildman–Crippen MR) is 78.4 cm³/mol. The van der Waals surface area contributed by atoms with Crippen LogP contribution in [0.2, 0.25) is 0 Å². The van der Waals surface area contributed by atoms with Crippen LogP contribution < -0.4 is 15.2 Å². The van der Waals surface area contributed by atoms with Crippen LogP contribution in [0, 0.1) is 0 Å². The van der Waals surface area contributed by atoms with E-state index in [0.717, 1.165) is 27.4 Å². The lowest BCUT2D eigenvalue weighted by Crippen LogP contribution is -2.11. The van der Waals surface area contributed by atoms with E-state index >= 15 is 0 Å². The van der Waals surface area contributed by atoms with Crippen LogP contribution in [0.1, 0.15) is 6.92 Å². The highest BCUT2D eigenvalue weighted by molar-refractivity contribution is 5.76.